The third-order valence-corrected chi connectivity index (χ3v) is 3.52. The molecule has 0 fully saturated rings. The molecule has 0 bridgehead atoms. The lowest BCUT2D eigenvalue weighted by Gasteiger charge is -2.06. The first-order valence-electron chi connectivity index (χ1n) is 6.76. The van der Waals surface area contributed by atoms with Gasteiger partial charge in [-0.3, -0.25) is 14.0 Å². The van der Waals surface area contributed by atoms with Gasteiger partial charge < -0.3 is 0 Å². The van der Waals surface area contributed by atoms with Crippen molar-refractivity contribution in [2.45, 2.75) is 26.9 Å². The molecular weight excluding hydrogens is 271 g/mol. The summed E-state index contributed by atoms with van der Waals surface area (Å²) in [7, 11) is 0. The fourth-order valence-electron chi connectivity index (χ4n) is 2.33. The molecule has 2 aromatic heterocycles. The van der Waals surface area contributed by atoms with Crippen molar-refractivity contribution in [1.82, 2.24) is 19.3 Å². The Morgan fingerprint density at radius 1 is 1.33 bits per heavy atom. The molecule has 5 nitrogen and oxygen atoms in total. The molecule has 0 aliphatic heterocycles. The summed E-state index contributed by atoms with van der Waals surface area (Å²) in [6, 6.07) is 4.45. The maximum Gasteiger partial charge on any atom is 0.264 e. The molecule has 3 rings (SSSR count). The quantitative estimate of drug-likeness (QED) is 0.741. The van der Waals surface area contributed by atoms with Crippen LogP contribution >= 0.6 is 0 Å². The first-order chi connectivity index (χ1) is 10.1. The highest BCUT2D eigenvalue weighted by Gasteiger charge is 2.11. The van der Waals surface area contributed by atoms with Gasteiger partial charge in [-0.1, -0.05) is 6.07 Å². The molecule has 0 spiro atoms. The van der Waals surface area contributed by atoms with E-state index in [1.54, 1.807) is 12.1 Å². The predicted octanol–water partition coefficient (Wildman–Crippen LogP) is 2.11. The second-order valence-electron chi connectivity index (χ2n) is 4.91. The van der Waals surface area contributed by atoms with E-state index >= 15 is 0 Å². The van der Waals surface area contributed by atoms with Gasteiger partial charge in [0.15, 0.2) is 0 Å². The Balaban J connectivity index is 2.09. The smallest absolute Gasteiger partial charge is 0.264 e. The van der Waals surface area contributed by atoms with Crippen LogP contribution in [0.15, 0.2) is 35.5 Å². The fraction of sp³-hybridized carbons (Fsp3) is 0.267. The van der Waals surface area contributed by atoms with E-state index in [-0.39, 0.29) is 10.9 Å². The fourth-order valence-corrected chi connectivity index (χ4v) is 2.33. The number of hydrogen-bond acceptors (Lipinski definition) is 3. The standard InChI is InChI=1S/C15H15FN4O/c1-3-20-8-11(10(2)18-20)7-19-9-17-13-6-4-5-12(16)14(13)15(19)21/h4-6,8-9H,3,7H2,1-2H3. The van der Waals surface area contributed by atoms with Crippen LogP contribution in [0.1, 0.15) is 18.2 Å². The SMILES string of the molecule is CCn1cc(Cn2cnc3cccc(F)c3c2=O)c(C)n1. The Bertz CT molecular complexity index is 866. The number of benzene rings is 1. The zero-order valence-corrected chi connectivity index (χ0v) is 11.9. The third kappa shape index (κ3) is 2.33. The Labute approximate surface area is 120 Å². The van der Waals surface area contributed by atoms with Crippen molar-refractivity contribution in [1.29, 1.82) is 0 Å². The van der Waals surface area contributed by atoms with Crippen molar-refractivity contribution in [3.63, 3.8) is 0 Å². The van der Waals surface area contributed by atoms with E-state index in [9.17, 15) is 9.18 Å². The summed E-state index contributed by atoms with van der Waals surface area (Å²) in [5, 5.41) is 4.37. The van der Waals surface area contributed by atoms with E-state index in [4.69, 9.17) is 0 Å². The topological polar surface area (TPSA) is 52.7 Å². The summed E-state index contributed by atoms with van der Waals surface area (Å²) in [4.78, 5) is 16.5. The highest BCUT2D eigenvalue weighted by molar-refractivity contribution is 5.77. The Kier molecular flexibility index (Phi) is 3.29. The average molecular weight is 286 g/mol. The molecule has 21 heavy (non-hydrogen) atoms. The summed E-state index contributed by atoms with van der Waals surface area (Å²) < 4.78 is 17.1. The molecule has 0 aliphatic carbocycles. The predicted molar refractivity (Wildman–Crippen MR) is 77.7 cm³/mol. The first-order valence-corrected chi connectivity index (χ1v) is 6.76. The number of halogens is 1. The molecule has 2 heterocycles. The van der Waals surface area contributed by atoms with Crippen LogP contribution in [0.2, 0.25) is 0 Å². The minimum Gasteiger partial charge on any atom is -0.294 e. The molecule has 108 valence electrons. The zero-order valence-electron chi connectivity index (χ0n) is 11.9. The third-order valence-electron chi connectivity index (χ3n) is 3.52. The molecule has 0 saturated carbocycles. The van der Waals surface area contributed by atoms with Crippen LogP contribution in [-0.4, -0.2) is 19.3 Å². The van der Waals surface area contributed by atoms with Crippen LogP contribution in [0.4, 0.5) is 4.39 Å². The van der Waals surface area contributed by atoms with Crippen LogP contribution in [0.25, 0.3) is 10.9 Å². The van der Waals surface area contributed by atoms with Crippen molar-refractivity contribution < 1.29 is 4.39 Å². The van der Waals surface area contributed by atoms with Crippen LogP contribution in [0.3, 0.4) is 0 Å². The number of nitrogens with zero attached hydrogens (tertiary/aromatic N) is 4. The summed E-state index contributed by atoms with van der Waals surface area (Å²) in [5.41, 5.74) is 1.78. The van der Waals surface area contributed by atoms with Crippen LogP contribution in [0.5, 0.6) is 0 Å². The maximum absolute atomic E-state index is 13.8. The maximum atomic E-state index is 13.8. The largest absolute Gasteiger partial charge is 0.294 e. The van der Waals surface area contributed by atoms with Gasteiger partial charge in [0.05, 0.1) is 24.1 Å². The Hall–Kier alpha value is -2.50. The van der Waals surface area contributed by atoms with Crippen molar-refractivity contribution in [2.24, 2.45) is 0 Å². The van der Waals surface area contributed by atoms with Crippen LogP contribution < -0.4 is 5.56 Å². The second kappa shape index (κ2) is 5.12. The lowest BCUT2D eigenvalue weighted by Crippen LogP contribution is -2.22. The second-order valence-corrected chi connectivity index (χ2v) is 4.91. The molecule has 0 radical (unpaired) electrons. The molecule has 0 saturated heterocycles. The molecule has 0 N–H and O–H groups in total. The summed E-state index contributed by atoms with van der Waals surface area (Å²) in [5.74, 6) is -0.541. The number of aromatic nitrogens is 4. The van der Waals surface area contributed by atoms with Crippen molar-refractivity contribution in [2.75, 3.05) is 0 Å². The highest BCUT2D eigenvalue weighted by atomic mass is 19.1. The molecule has 0 aliphatic rings. The van der Waals surface area contributed by atoms with Gasteiger partial charge in [-0.05, 0) is 26.0 Å². The Morgan fingerprint density at radius 2 is 2.14 bits per heavy atom. The first kappa shape index (κ1) is 13.5. The van der Waals surface area contributed by atoms with E-state index < -0.39 is 5.82 Å². The highest BCUT2D eigenvalue weighted by Crippen LogP contribution is 2.12. The lowest BCUT2D eigenvalue weighted by molar-refractivity contribution is 0.634. The minimum absolute atomic E-state index is 0.0283. The minimum atomic E-state index is -0.541. The molecule has 3 aromatic rings. The van der Waals surface area contributed by atoms with E-state index in [0.717, 1.165) is 17.8 Å². The normalized spacial score (nSPS) is 11.2. The van der Waals surface area contributed by atoms with Gasteiger partial charge in [0, 0.05) is 18.3 Å². The number of fused-ring (bicyclic) bond motifs is 1. The van der Waals surface area contributed by atoms with E-state index in [1.807, 2.05) is 24.7 Å². The van der Waals surface area contributed by atoms with Gasteiger partial charge in [-0.2, -0.15) is 5.10 Å². The van der Waals surface area contributed by atoms with Crippen molar-refractivity contribution in [3.05, 3.63) is 58.2 Å². The molecular formula is C15H15FN4O. The number of hydrogen-bond donors (Lipinski definition) is 0. The van der Waals surface area contributed by atoms with Crippen LogP contribution in [0, 0.1) is 12.7 Å². The lowest BCUT2D eigenvalue weighted by atomic mass is 10.2. The van der Waals surface area contributed by atoms with Gasteiger partial charge in [-0.25, -0.2) is 9.37 Å². The van der Waals surface area contributed by atoms with E-state index in [2.05, 4.69) is 10.1 Å². The van der Waals surface area contributed by atoms with Crippen LogP contribution in [-0.2, 0) is 13.1 Å². The molecule has 0 unspecified atom stereocenters. The van der Waals surface area contributed by atoms with E-state index in [0.29, 0.717) is 12.1 Å². The van der Waals surface area contributed by atoms with E-state index in [1.165, 1.54) is 17.0 Å². The molecule has 0 atom stereocenters. The summed E-state index contributed by atoms with van der Waals surface area (Å²) >= 11 is 0. The monoisotopic (exact) mass is 286 g/mol. The summed E-state index contributed by atoms with van der Waals surface area (Å²) in [6.07, 6.45) is 3.35. The van der Waals surface area contributed by atoms with Gasteiger partial charge in [0.1, 0.15) is 11.2 Å². The summed E-state index contributed by atoms with van der Waals surface area (Å²) in [6.45, 7) is 4.99. The van der Waals surface area contributed by atoms with Gasteiger partial charge in [0.2, 0.25) is 0 Å². The van der Waals surface area contributed by atoms with Crippen molar-refractivity contribution in [3.8, 4) is 0 Å². The Morgan fingerprint density at radius 3 is 2.86 bits per heavy atom. The molecule has 6 heteroatoms. The zero-order chi connectivity index (χ0) is 15.0. The number of rotatable bonds is 3. The van der Waals surface area contributed by atoms with Gasteiger partial charge in [-0.15, -0.1) is 0 Å². The average Bonchev–Trinajstić information content (AvgIpc) is 2.82. The number of aryl methyl sites for hydroxylation is 2. The van der Waals surface area contributed by atoms with Gasteiger partial charge in [0.25, 0.3) is 5.56 Å². The van der Waals surface area contributed by atoms with Crippen molar-refractivity contribution >= 4 is 10.9 Å². The molecule has 0 amide bonds. The molecule has 1 aromatic carbocycles. The van der Waals surface area contributed by atoms with Gasteiger partial charge >= 0.3 is 0 Å².